The number of hydrogen-bond donors (Lipinski definition) is 2. The molecule has 0 aromatic heterocycles. The summed E-state index contributed by atoms with van der Waals surface area (Å²) in [5.74, 6) is -12.2. The van der Waals surface area contributed by atoms with Gasteiger partial charge in [-0.3, -0.25) is 25.8 Å². The molecule has 0 atom stereocenters. The molecule has 2 aromatic rings. The van der Waals surface area contributed by atoms with Crippen LogP contribution in [-0.2, 0) is 0 Å². The summed E-state index contributed by atoms with van der Waals surface area (Å²) in [5.41, 5.74) is 1.08. The largest absolute Gasteiger partial charge is 0.293 e. The lowest BCUT2D eigenvalue weighted by molar-refractivity contribution is -0.384. The molecule has 0 aliphatic carbocycles. The molecule has 0 spiro atoms. The van der Waals surface area contributed by atoms with Crippen LogP contribution in [0.5, 0.6) is 0 Å². The highest BCUT2D eigenvalue weighted by molar-refractivity contribution is 5.95. The van der Waals surface area contributed by atoms with Crippen LogP contribution in [0.25, 0.3) is 0 Å². The maximum atomic E-state index is 13.4. The number of nitrogens with one attached hydrogen (secondary N) is 2. The van der Waals surface area contributed by atoms with Gasteiger partial charge in [-0.2, -0.15) is 0 Å². The molecular weight excluding hydrogens is 341 g/mol. The molecule has 0 aliphatic rings. The molecule has 126 valence electrons. The number of hydrogen-bond acceptors (Lipinski definition) is 4. The quantitative estimate of drug-likeness (QED) is 0.293. The third-order valence-electron chi connectivity index (χ3n) is 2.83. The minimum absolute atomic E-state index is 0.277. The van der Waals surface area contributed by atoms with E-state index in [0.717, 1.165) is 18.2 Å². The van der Waals surface area contributed by atoms with Crippen molar-refractivity contribution in [2.45, 2.75) is 0 Å². The van der Waals surface area contributed by atoms with E-state index in [1.807, 2.05) is 0 Å². The van der Waals surface area contributed by atoms with Crippen LogP contribution in [0.2, 0.25) is 0 Å². The van der Waals surface area contributed by atoms with Crippen molar-refractivity contribution in [1.29, 1.82) is 0 Å². The number of non-ortho nitro benzene ring substituents is 1. The average Bonchev–Trinajstić information content (AvgIpc) is 2.58. The summed E-state index contributed by atoms with van der Waals surface area (Å²) in [5, 5.41) is 10.6. The monoisotopic (exact) mass is 347 g/mol. The summed E-state index contributed by atoms with van der Waals surface area (Å²) in [6.07, 6.45) is 0. The van der Waals surface area contributed by atoms with Crippen LogP contribution in [0.15, 0.2) is 24.3 Å². The molecule has 0 saturated heterocycles. The van der Waals surface area contributed by atoms with Crippen molar-refractivity contribution in [3.8, 4) is 0 Å². The number of amides is 1. The number of halogens is 5. The zero-order valence-corrected chi connectivity index (χ0v) is 11.4. The second kappa shape index (κ2) is 6.48. The minimum atomic E-state index is -2.35. The van der Waals surface area contributed by atoms with Gasteiger partial charge in [-0.1, -0.05) is 6.07 Å². The maximum absolute atomic E-state index is 13.4. The Morgan fingerprint density at radius 3 is 2.04 bits per heavy atom. The number of hydrazine groups is 1. The molecule has 0 heterocycles. The highest BCUT2D eigenvalue weighted by Gasteiger charge is 2.26. The Labute approximate surface area is 130 Å². The van der Waals surface area contributed by atoms with Crippen LogP contribution in [0.3, 0.4) is 0 Å². The molecule has 24 heavy (non-hydrogen) atoms. The Bertz CT molecular complexity index is 815. The predicted molar refractivity (Wildman–Crippen MR) is 70.4 cm³/mol. The minimum Gasteiger partial charge on any atom is -0.293 e. The first kappa shape index (κ1) is 17.1. The van der Waals surface area contributed by atoms with Gasteiger partial charge in [-0.05, 0) is 6.07 Å². The highest BCUT2D eigenvalue weighted by atomic mass is 19.2. The van der Waals surface area contributed by atoms with E-state index in [4.69, 9.17) is 0 Å². The lowest BCUT2D eigenvalue weighted by Gasteiger charge is -2.11. The van der Waals surface area contributed by atoms with Gasteiger partial charge in [0.1, 0.15) is 5.69 Å². The first-order chi connectivity index (χ1) is 11.2. The fourth-order valence-corrected chi connectivity index (χ4v) is 1.67. The molecule has 2 N–H and O–H groups in total. The number of anilines is 1. The average molecular weight is 347 g/mol. The van der Waals surface area contributed by atoms with Crippen molar-refractivity contribution in [2.24, 2.45) is 0 Å². The van der Waals surface area contributed by atoms with Gasteiger partial charge < -0.3 is 0 Å². The third-order valence-corrected chi connectivity index (χ3v) is 2.83. The van der Waals surface area contributed by atoms with Crippen LogP contribution < -0.4 is 10.9 Å². The second-order valence-electron chi connectivity index (χ2n) is 4.33. The summed E-state index contributed by atoms with van der Waals surface area (Å²) in [7, 11) is 0. The fraction of sp³-hybridized carbons (Fsp3) is 0. The summed E-state index contributed by atoms with van der Waals surface area (Å²) in [6.45, 7) is 0. The molecule has 2 rings (SSSR count). The molecule has 0 radical (unpaired) electrons. The topological polar surface area (TPSA) is 84.3 Å². The fourth-order valence-electron chi connectivity index (χ4n) is 1.67. The number of rotatable bonds is 4. The molecule has 0 unspecified atom stereocenters. The Kier molecular flexibility index (Phi) is 4.62. The van der Waals surface area contributed by atoms with Crippen LogP contribution >= 0.6 is 0 Å². The highest BCUT2D eigenvalue weighted by Crippen LogP contribution is 2.26. The zero-order valence-electron chi connectivity index (χ0n) is 11.4. The first-order valence-corrected chi connectivity index (χ1v) is 6.06. The molecule has 0 fully saturated rings. The predicted octanol–water partition coefficient (Wildman–Crippen LogP) is 3.05. The number of carbonyl (C=O) groups is 1. The van der Waals surface area contributed by atoms with Gasteiger partial charge in [-0.15, -0.1) is 0 Å². The summed E-state index contributed by atoms with van der Waals surface area (Å²) < 4.78 is 65.7. The van der Waals surface area contributed by atoms with E-state index in [9.17, 15) is 36.9 Å². The normalized spacial score (nSPS) is 10.4. The van der Waals surface area contributed by atoms with Crippen molar-refractivity contribution in [1.82, 2.24) is 5.43 Å². The van der Waals surface area contributed by atoms with E-state index in [1.165, 1.54) is 6.07 Å². The van der Waals surface area contributed by atoms with Crippen LogP contribution in [0, 0.1) is 39.2 Å². The van der Waals surface area contributed by atoms with Gasteiger partial charge in [0.05, 0.1) is 4.92 Å². The van der Waals surface area contributed by atoms with Crippen molar-refractivity contribution in [3.05, 3.63) is 69.0 Å². The van der Waals surface area contributed by atoms with Crippen molar-refractivity contribution < 1.29 is 31.7 Å². The van der Waals surface area contributed by atoms with E-state index in [1.54, 1.807) is 10.9 Å². The van der Waals surface area contributed by atoms with Gasteiger partial charge >= 0.3 is 0 Å². The zero-order chi connectivity index (χ0) is 18.0. The SMILES string of the molecule is O=C(NNc1c(F)c(F)c(F)c(F)c1F)c1cccc([N+](=O)[O-])c1. The summed E-state index contributed by atoms with van der Waals surface area (Å²) in [6, 6.07) is 4.26. The Morgan fingerprint density at radius 1 is 0.958 bits per heavy atom. The van der Waals surface area contributed by atoms with Crippen LogP contribution in [-0.4, -0.2) is 10.8 Å². The van der Waals surface area contributed by atoms with Crippen molar-refractivity contribution in [2.75, 3.05) is 5.43 Å². The van der Waals surface area contributed by atoms with Gasteiger partial charge in [-0.25, -0.2) is 22.0 Å². The van der Waals surface area contributed by atoms with E-state index < -0.39 is 51.3 Å². The molecule has 0 saturated carbocycles. The Hall–Kier alpha value is -3.24. The summed E-state index contributed by atoms with van der Waals surface area (Å²) in [4.78, 5) is 21.6. The number of nitrogens with zero attached hydrogens (tertiary/aromatic N) is 1. The molecule has 0 aliphatic heterocycles. The molecule has 11 heteroatoms. The molecule has 2 aromatic carbocycles. The first-order valence-electron chi connectivity index (χ1n) is 6.06. The number of carbonyl (C=O) groups excluding carboxylic acids is 1. The standard InChI is InChI=1S/C13H6F5N3O3/c14-7-8(15)10(17)12(11(18)9(7)16)19-20-13(22)5-2-1-3-6(4-5)21(23)24/h1-4,19H,(H,20,22). The lowest BCUT2D eigenvalue weighted by Crippen LogP contribution is -2.31. The third kappa shape index (κ3) is 3.09. The molecular formula is C13H6F5N3O3. The second-order valence-corrected chi connectivity index (χ2v) is 4.33. The molecule has 1 amide bonds. The van der Waals surface area contributed by atoms with Gasteiger partial charge in [0.15, 0.2) is 23.3 Å². The van der Waals surface area contributed by atoms with E-state index in [-0.39, 0.29) is 5.56 Å². The lowest BCUT2D eigenvalue weighted by atomic mass is 10.2. The molecule has 6 nitrogen and oxygen atoms in total. The van der Waals surface area contributed by atoms with Crippen molar-refractivity contribution in [3.63, 3.8) is 0 Å². The van der Waals surface area contributed by atoms with Crippen LogP contribution in [0.4, 0.5) is 33.3 Å². The van der Waals surface area contributed by atoms with Gasteiger partial charge in [0.25, 0.3) is 11.6 Å². The Morgan fingerprint density at radius 2 is 1.50 bits per heavy atom. The van der Waals surface area contributed by atoms with E-state index in [2.05, 4.69) is 0 Å². The number of nitro benzene ring substituents is 1. The van der Waals surface area contributed by atoms with Crippen LogP contribution in [0.1, 0.15) is 10.4 Å². The van der Waals surface area contributed by atoms with E-state index >= 15 is 0 Å². The summed E-state index contributed by atoms with van der Waals surface area (Å²) >= 11 is 0. The molecule has 0 bridgehead atoms. The van der Waals surface area contributed by atoms with Gasteiger partial charge in [0.2, 0.25) is 5.82 Å². The van der Waals surface area contributed by atoms with Crippen molar-refractivity contribution >= 4 is 17.3 Å². The van der Waals surface area contributed by atoms with E-state index in [0.29, 0.717) is 0 Å². The number of benzene rings is 2. The smallest absolute Gasteiger partial charge is 0.270 e. The maximum Gasteiger partial charge on any atom is 0.270 e. The Balaban J connectivity index is 2.24. The number of nitro groups is 1. The van der Waals surface area contributed by atoms with Gasteiger partial charge in [0, 0.05) is 17.7 Å².